The number of nitrogens with two attached hydrogens (primary N) is 1. The van der Waals surface area contributed by atoms with Gasteiger partial charge in [0.05, 0.1) is 16.4 Å². The minimum atomic E-state index is 0.160. The van der Waals surface area contributed by atoms with Gasteiger partial charge in [-0.2, -0.15) is 0 Å². The summed E-state index contributed by atoms with van der Waals surface area (Å²) < 4.78 is 0. The van der Waals surface area contributed by atoms with Crippen LogP contribution in [0.5, 0.6) is 0 Å². The summed E-state index contributed by atoms with van der Waals surface area (Å²) in [6.45, 7) is 1.99. The van der Waals surface area contributed by atoms with Crippen molar-refractivity contribution in [1.82, 2.24) is 9.97 Å². The predicted molar refractivity (Wildman–Crippen MR) is 62.7 cm³/mol. The molecule has 15 heavy (non-hydrogen) atoms. The Bertz CT molecular complexity index is 422. The van der Waals surface area contributed by atoms with Gasteiger partial charge in [0, 0.05) is 24.0 Å². The van der Waals surface area contributed by atoms with Gasteiger partial charge in [-0.3, -0.25) is 4.98 Å². The molecule has 3 nitrogen and oxygen atoms in total. The highest BCUT2D eigenvalue weighted by molar-refractivity contribution is 7.09. The number of rotatable bonds is 3. The maximum atomic E-state index is 5.72. The molecule has 2 N–H and O–H groups in total. The minimum absolute atomic E-state index is 0.160. The van der Waals surface area contributed by atoms with Crippen molar-refractivity contribution in [3.63, 3.8) is 0 Å². The molecule has 0 saturated heterocycles. The Balaban J connectivity index is 2.21. The van der Waals surface area contributed by atoms with E-state index in [1.54, 1.807) is 17.5 Å². The van der Waals surface area contributed by atoms with E-state index in [0.717, 1.165) is 22.8 Å². The molecule has 0 amide bonds. The van der Waals surface area contributed by atoms with Crippen LogP contribution >= 0.6 is 11.3 Å². The number of hydrogen-bond acceptors (Lipinski definition) is 4. The number of thiazole rings is 1. The summed E-state index contributed by atoms with van der Waals surface area (Å²) in [6.07, 6.45) is 2.61. The second-order valence-corrected chi connectivity index (χ2v) is 4.47. The van der Waals surface area contributed by atoms with Gasteiger partial charge >= 0.3 is 0 Å². The molecular weight excluding hydrogens is 206 g/mol. The standard InChI is InChI=1S/C11H13N3S/c1-8(12)6-11-14-10(7-15-11)9-4-2-3-5-13-9/h2-5,7-8H,6,12H2,1H3. The first-order valence-corrected chi connectivity index (χ1v) is 5.75. The molecule has 2 rings (SSSR count). The fourth-order valence-corrected chi connectivity index (χ4v) is 2.24. The Morgan fingerprint density at radius 1 is 1.40 bits per heavy atom. The molecule has 2 heterocycles. The Kier molecular flexibility index (Phi) is 3.08. The zero-order valence-electron chi connectivity index (χ0n) is 8.55. The highest BCUT2D eigenvalue weighted by Crippen LogP contribution is 2.20. The molecule has 0 spiro atoms. The first kappa shape index (κ1) is 10.3. The maximum absolute atomic E-state index is 5.72. The van der Waals surface area contributed by atoms with Crippen LogP contribution in [0.1, 0.15) is 11.9 Å². The van der Waals surface area contributed by atoms with E-state index in [1.807, 2.05) is 30.5 Å². The topological polar surface area (TPSA) is 51.8 Å². The molecule has 1 atom stereocenters. The number of aromatic nitrogens is 2. The molecule has 0 bridgehead atoms. The summed E-state index contributed by atoms with van der Waals surface area (Å²) in [4.78, 5) is 8.75. The van der Waals surface area contributed by atoms with Crippen LogP contribution in [0.3, 0.4) is 0 Å². The Morgan fingerprint density at radius 2 is 2.27 bits per heavy atom. The van der Waals surface area contributed by atoms with Gasteiger partial charge in [-0.15, -0.1) is 11.3 Å². The first-order chi connectivity index (χ1) is 7.25. The third kappa shape index (κ3) is 2.61. The second kappa shape index (κ2) is 4.51. The molecule has 78 valence electrons. The Labute approximate surface area is 93.0 Å². The monoisotopic (exact) mass is 219 g/mol. The van der Waals surface area contributed by atoms with E-state index < -0.39 is 0 Å². The molecule has 0 saturated carbocycles. The highest BCUT2D eigenvalue weighted by Gasteiger charge is 2.06. The van der Waals surface area contributed by atoms with Gasteiger partial charge in [-0.25, -0.2) is 4.98 Å². The zero-order valence-corrected chi connectivity index (χ0v) is 9.37. The van der Waals surface area contributed by atoms with E-state index in [4.69, 9.17) is 5.73 Å². The van der Waals surface area contributed by atoms with Crippen LogP contribution in [-0.2, 0) is 6.42 Å². The zero-order chi connectivity index (χ0) is 10.7. The summed E-state index contributed by atoms with van der Waals surface area (Å²) in [5.74, 6) is 0. The van der Waals surface area contributed by atoms with Gasteiger partial charge in [0.25, 0.3) is 0 Å². The quantitative estimate of drug-likeness (QED) is 0.860. The van der Waals surface area contributed by atoms with Gasteiger partial charge < -0.3 is 5.73 Å². The van der Waals surface area contributed by atoms with E-state index in [-0.39, 0.29) is 6.04 Å². The predicted octanol–water partition coefficient (Wildman–Crippen LogP) is 2.09. The third-order valence-corrected chi connectivity index (χ3v) is 2.85. The van der Waals surface area contributed by atoms with E-state index in [1.165, 1.54) is 0 Å². The summed E-state index contributed by atoms with van der Waals surface area (Å²) in [5.41, 5.74) is 7.59. The summed E-state index contributed by atoms with van der Waals surface area (Å²) in [5, 5.41) is 3.10. The number of hydrogen-bond donors (Lipinski definition) is 1. The fraction of sp³-hybridized carbons (Fsp3) is 0.273. The first-order valence-electron chi connectivity index (χ1n) is 4.87. The van der Waals surface area contributed by atoms with Gasteiger partial charge in [0.15, 0.2) is 0 Å². The van der Waals surface area contributed by atoms with E-state index in [9.17, 15) is 0 Å². The lowest BCUT2D eigenvalue weighted by atomic mass is 10.2. The van der Waals surface area contributed by atoms with Crippen LogP contribution in [-0.4, -0.2) is 16.0 Å². The summed E-state index contributed by atoms with van der Waals surface area (Å²) in [7, 11) is 0. The summed E-state index contributed by atoms with van der Waals surface area (Å²) >= 11 is 1.64. The number of pyridine rings is 1. The van der Waals surface area contributed by atoms with Crippen molar-refractivity contribution in [2.75, 3.05) is 0 Å². The maximum Gasteiger partial charge on any atom is 0.0998 e. The van der Waals surface area contributed by atoms with Crippen molar-refractivity contribution in [2.24, 2.45) is 5.73 Å². The van der Waals surface area contributed by atoms with Crippen LogP contribution in [0.15, 0.2) is 29.8 Å². The van der Waals surface area contributed by atoms with Crippen LogP contribution < -0.4 is 5.73 Å². The lowest BCUT2D eigenvalue weighted by Crippen LogP contribution is -2.17. The van der Waals surface area contributed by atoms with Crippen LogP contribution in [0.2, 0.25) is 0 Å². The third-order valence-electron chi connectivity index (χ3n) is 1.98. The Hall–Kier alpha value is -1.26. The molecule has 0 aliphatic carbocycles. The normalized spacial score (nSPS) is 12.7. The van der Waals surface area contributed by atoms with E-state index in [0.29, 0.717) is 0 Å². The molecule has 0 aromatic carbocycles. The highest BCUT2D eigenvalue weighted by atomic mass is 32.1. The number of nitrogens with zero attached hydrogens (tertiary/aromatic N) is 2. The molecule has 4 heteroatoms. The second-order valence-electron chi connectivity index (χ2n) is 3.52. The lowest BCUT2D eigenvalue weighted by molar-refractivity contribution is 0.734. The largest absolute Gasteiger partial charge is 0.328 e. The van der Waals surface area contributed by atoms with Crippen molar-refractivity contribution >= 4 is 11.3 Å². The van der Waals surface area contributed by atoms with E-state index >= 15 is 0 Å². The minimum Gasteiger partial charge on any atom is -0.328 e. The smallest absolute Gasteiger partial charge is 0.0998 e. The van der Waals surface area contributed by atoms with Crippen molar-refractivity contribution in [3.05, 3.63) is 34.8 Å². The average molecular weight is 219 g/mol. The van der Waals surface area contributed by atoms with Crippen molar-refractivity contribution in [1.29, 1.82) is 0 Å². The lowest BCUT2D eigenvalue weighted by Gasteiger charge is -1.99. The molecule has 2 aromatic heterocycles. The molecule has 2 aromatic rings. The van der Waals surface area contributed by atoms with Crippen molar-refractivity contribution < 1.29 is 0 Å². The molecular formula is C11H13N3S. The van der Waals surface area contributed by atoms with Crippen LogP contribution in [0, 0.1) is 0 Å². The molecule has 1 unspecified atom stereocenters. The van der Waals surface area contributed by atoms with E-state index in [2.05, 4.69) is 9.97 Å². The SMILES string of the molecule is CC(N)Cc1nc(-c2ccccn2)cs1. The van der Waals surface area contributed by atoms with Gasteiger partial charge in [-0.1, -0.05) is 6.07 Å². The van der Waals surface area contributed by atoms with Crippen LogP contribution in [0.4, 0.5) is 0 Å². The van der Waals surface area contributed by atoms with Crippen molar-refractivity contribution in [2.45, 2.75) is 19.4 Å². The van der Waals surface area contributed by atoms with Gasteiger partial charge in [0.1, 0.15) is 0 Å². The van der Waals surface area contributed by atoms with Crippen LogP contribution in [0.25, 0.3) is 11.4 Å². The molecule has 0 aliphatic heterocycles. The Morgan fingerprint density at radius 3 is 2.93 bits per heavy atom. The van der Waals surface area contributed by atoms with Gasteiger partial charge in [0.2, 0.25) is 0 Å². The fourth-order valence-electron chi connectivity index (χ4n) is 1.31. The average Bonchev–Trinajstić information content (AvgIpc) is 2.67. The van der Waals surface area contributed by atoms with Crippen molar-refractivity contribution in [3.8, 4) is 11.4 Å². The summed E-state index contributed by atoms with van der Waals surface area (Å²) in [6, 6.07) is 5.99. The van der Waals surface area contributed by atoms with Gasteiger partial charge in [-0.05, 0) is 19.1 Å². The molecule has 0 radical (unpaired) electrons. The molecule has 0 fully saturated rings. The molecule has 0 aliphatic rings.